The molecule has 4 aromatic rings. The molecule has 0 amide bonds. The average Bonchev–Trinajstić information content (AvgIpc) is 2.77. The largest absolute Gasteiger partial charge is 0.508 e. The highest BCUT2D eigenvalue weighted by molar-refractivity contribution is 5.54. The zero-order chi connectivity index (χ0) is 22.5. The van der Waals surface area contributed by atoms with Crippen molar-refractivity contribution in [3.63, 3.8) is 0 Å². The van der Waals surface area contributed by atoms with E-state index in [0.717, 1.165) is 11.6 Å². The number of aromatic nitrogens is 3. The summed E-state index contributed by atoms with van der Waals surface area (Å²) in [6, 6.07) is 17.0. The second-order valence-corrected chi connectivity index (χ2v) is 7.00. The molecule has 0 aliphatic rings. The van der Waals surface area contributed by atoms with Gasteiger partial charge in [-0.2, -0.15) is 0 Å². The third-order valence-corrected chi connectivity index (χ3v) is 4.52. The highest BCUT2D eigenvalue weighted by Gasteiger charge is 2.01. The maximum Gasteiger partial charge on any atom is 0.272 e. The van der Waals surface area contributed by atoms with Gasteiger partial charge in [0.15, 0.2) is 0 Å². The van der Waals surface area contributed by atoms with Crippen LogP contribution in [0.1, 0.15) is 16.8 Å². The van der Waals surface area contributed by atoms with E-state index >= 15 is 0 Å². The van der Waals surface area contributed by atoms with Gasteiger partial charge in [-0.05, 0) is 47.5 Å². The number of benzene rings is 2. The summed E-state index contributed by atoms with van der Waals surface area (Å²) in [5.41, 5.74) is 0.791. The average molecular weight is 429 g/mol. The number of aromatic amines is 2. The fourth-order valence-electron chi connectivity index (χ4n) is 3.02. The Morgan fingerprint density at radius 1 is 0.844 bits per heavy atom. The number of nitrogens with one attached hydrogen (secondary N) is 2. The van der Waals surface area contributed by atoms with E-state index in [-0.39, 0.29) is 22.2 Å². The van der Waals surface area contributed by atoms with Crippen LogP contribution in [0, 0.1) is 0 Å². The van der Waals surface area contributed by atoms with Gasteiger partial charge in [0.2, 0.25) is 0 Å². The SMILES string of the molecule is O=c1[nH]/c(=C/c2ccc(OCc3ccccc3)cn2)c(=O)[nH]/c1=C/c1cc(O)cc(O)c1. The first-order valence-corrected chi connectivity index (χ1v) is 9.68. The monoisotopic (exact) mass is 429 g/mol. The Morgan fingerprint density at radius 3 is 2.12 bits per heavy atom. The molecule has 0 saturated heterocycles. The van der Waals surface area contributed by atoms with Crippen molar-refractivity contribution < 1.29 is 14.9 Å². The van der Waals surface area contributed by atoms with E-state index < -0.39 is 11.1 Å². The maximum atomic E-state index is 12.4. The number of rotatable bonds is 5. The third kappa shape index (κ3) is 5.11. The van der Waals surface area contributed by atoms with E-state index in [1.54, 1.807) is 12.1 Å². The fourth-order valence-corrected chi connectivity index (χ4v) is 3.02. The second kappa shape index (κ2) is 9.05. The van der Waals surface area contributed by atoms with Gasteiger partial charge in [0, 0.05) is 6.07 Å². The van der Waals surface area contributed by atoms with Gasteiger partial charge < -0.3 is 24.9 Å². The molecule has 32 heavy (non-hydrogen) atoms. The molecule has 4 N–H and O–H groups in total. The van der Waals surface area contributed by atoms with E-state index in [4.69, 9.17) is 4.74 Å². The molecule has 0 fully saturated rings. The smallest absolute Gasteiger partial charge is 0.272 e. The molecule has 2 aromatic heterocycles. The van der Waals surface area contributed by atoms with Crippen molar-refractivity contribution in [2.75, 3.05) is 0 Å². The van der Waals surface area contributed by atoms with Crippen LogP contribution in [-0.2, 0) is 6.61 Å². The first-order chi connectivity index (χ1) is 15.5. The van der Waals surface area contributed by atoms with E-state index in [1.165, 1.54) is 30.5 Å². The summed E-state index contributed by atoms with van der Waals surface area (Å²) in [6.45, 7) is 0.410. The van der Waals surface area contributed by atoms with Crippen molar-refractivity contribution in [2.24, 2.45) is 0 Å². The number of ether oxygens (including phenoxy) is 1. The van der Waals surface area contributed by atoms with Crippen LogP contribution in [0.5, 0.6) is 17.2 Å². The summed E-state index contributed by atoms with van der Waals surface area (Å²) in [5.74, 6) is 0.247. The predicted molar refractivity (Wildman–Crippen MR) is 119 cm³/mol. The Kier molecular flexibility index (Phi) is 5.85. The van der Waals surface area contributed by atoms with Crippen molar-refractivity contribution in [3.8, 4) is 17.2 Å². The van der Waals surface area contributed by atoms with Gasteiger partial charge in [0.25, 0.3) is 11.1 Å². The van der Waals surface area contributed by atoms with Crippen LogP contribution < -0.4 is 26.6 Å². The molecular formula is C24H19N3O5. The quantitative estimate of drug-likeness (QED) is 0.376. The van der Waals surface area contributed by atoms with Crippen LogP contribution in [0.2, 0.25) is 0 Å². The molecule has 0 aliphatic carbocycles. The van der Waals surface area contributed by atoms with Crippen molar-refractivity contribution in [1.29, 1.82) is 0 Å². The number of pyridine rings is 1. The first kappa shape index (κ1) is 20.7. The number of nitrogens with zero attached hydrogens (tertiary/aromatic N) is 1. The molecule has 8 heteroatoms. The molecule has 160 valence electrons. The highest BCUT2D eigenvalue weighted by atomic mass is 16.5. The van der Waals surface area contributed by atoms with Crippen LogP contribution in [0.3, 0.4) is 0 Å². The van der Waals surface area contributed by atoms with E-state index in [9.17, 15) is 19.8 Å². The fraction of sp³-hybridized carbons (Fsp3) is 0.0417. The summed E-state index contributed by atoms with van der Waals surface area (Å²) >= 11 is 0. The second-order valence-electron chi connectivity index (χ2n) is 7.00. The number of phenolic OH excluding ortho intramolecular Hbond substituents is 2. The molecule has 0 unspecified atom stereocenters. The number of H-pyrrole nitrogens is 2. The van der Waals surface area contributed by atoms with Crippen molar-refractivity contribution in [3.05, 3.63) is 115 Å². The van der Waals surface area contributed by atoms with Crippen LogP contribution >= 0.6 is 0 Å². The maximum absolute atomic E-state index is 12.4. The van der Waals surface area contributed by atoms with Gasteiger partial charge in [-0.25, -0.2) is 0 Å². The topological polar surface area (TPSA) is 128 Å². The molecule has 0 spiro atoms. The lowest BCUT2D eigenvalue weighted by Crippen LogP contribution is -2.46. The minimum atomic E-state index is -0.540. The summed E-state index contributed by atoms with van der Waals surface area (Å²) in [5, 5.41) is 19.1. The number of aromatic hydroxyl groups is 2. The summed E-state index contributed by atoms with van der Waals surface area (Å²) in [7, 11) is 0. The highest BCUT2D eigenvalue weighted by Crippen LogP contribution is 2.20. The molecule has 0 aliphatic heterocycles. The van der Waals surface area contributed by atoms with Gasteiger partial charge in [-0.15, -0.1) is 0 Å². The van der Waals surface area contributed by atoms with Crippen molar-refractivity contribution in [1.82, 2.24) is 15.0 Å². The van der Waals surface area contributed by atoms with Crippen LogP contribution in [0.15, 0.2) is 76.4 Å². The first-order valence-electron chi connectivity index (χ1n) is 9.68. The minimum absolute atomic E-state index is 0.0187. The third-order valence-electron chi connectivity index (χ3n) is 4.52. The molecule has 0 radical (unpaired) electrons. The Balaban J connectivity index is 1.58. The molecule has 4 rings (SSSR count). The Labute approximate surface area is 181 Å². The zero-order valence-corrected chi connectivity index (χ0v) is 16.8. The van der Waals surface area contributed by atoms with Gasteiger partial charge >= 0.3 is 0 Å². The van der Waals surface area contributed by atoms with Crippen molar-refractivity contribution in [2.45, 2.75) is 6.61 Å². The molecule has 0 atom stereocenters. The van der Waals surface area contributed by atoms with Gasteiger partial charge in [-0.3, -0.25) is 14.6 Å². The molecule has 8 nitrogen and oxygen atoms in total. The molecule has 0 saturated carbocycles. The summed E-state index contributed by atoms with van der Waals surface area (Å²) in [6.07, 6.45) is 4.34. The van der Waals surface area contributed by atoms with Gasteiger partial charge in [0.1, 0.15) is 34.6 Å². The van der Waals surface area contributed by atoms with E-state index in [1.807, 2.05) is 30.3 Å². The minimum Gasteiger partial charge on any atom is -0.508 e. The van der Waals surface area contributed by atoms with Crippen LogP contribution in [-0.4, -0.2) is 25.2 Å². The van der Waals surface area contributed by atoms with E-state index in [2.05, 4.69) is 15.0 Å². The number of hydrogen-bond acceptors (Lipinski definition) is 6. The predicted octanol–water partition coefficient (Wildman–Crippen LogP) is 1.11. The lowest BCUT2D eigenvalue weighted by Gasteiger charge is -2.05. The van der Waals surface area contributed by atoms with Gasteiger partial charge in [0.05, 0.1) is 11.9 Å². The Morgan fingerprint density at radius 2 is 1.50 bits per heavy atom. The zero-order valence-electron chi connectivity index (χ0n) is 16.8. The lowest BCUT2D eigenvalue weighted by molar-refractivity contribution is 0.305. The normalized spacial score (nSPS) is 12.1. The lowest BCUT2D eigenvalue weighted by atomic mass is 10.2. The van der Waals surface area contributed by atoms with Gasteiger partial charge in [-0.1, -0.05) is 30.3 Å². The molecular weight excluding hydrogens is 410 g/mol. The summed E-state index contributed by atoms with van der Waals surface area (Å²) in [4.78, 5) is 34.1. The Bertz CT molecular complexity index is 1450. The molecule has 0 bridgehead atoms. The molecule has 2 heterocycles. The molecule has 2 aromatic carbocycles. The van der Waals surface area contributed by atoms with E-state index in [0.29, 0.717) is 23.6 Å². The van der Waals surface area contributed by atoms with Crippen LogP contribution in [0.25, 0.3) is 12.2 Å². The standard InChI is InChI=1S/C24H19N3O5/c28-18-8-16(9-19(29)12-18)10-21-23(30)27-22(24(31)26-21)11-17-6-7-20(13-25-17)32-14-15-4-2-1-3-5-15/h1-13,28-29H,14H2,(H,26,31)(H,27,30)/b21-10+,22-11+. The number of phenols is 2. The van der Waals surface area contributed by atoms with Crippen LogP contribution in [0.4, 0.5) is 0 Å². The van der Waals surface area contributed by atoms with Crippen molar-refractivity contribution >= 4 is 12.2 Å². The number of hydrogen-bond donors (Lipinski definition) is 4. The Hall–Kier alpha value is -4.59. The summed E-state index contributed by atoms with van der Waals surface area (Å²) < 4.78 is 5.69.